The molecule has 1 aromatic heterocycles. The molecular weight excluding hydrogens is 513 g/mol. The van der Waals surface area contributed by atoms with Crippen molar-refractivity contribution in [3.05, 3.63) is 90.7 Å². The molecule has 152 valence electrons. The lowest BCUT2D eigenvalue weighted by atomic mass is 10.2. The Morgan fingerprint density at radius 2 is 1.90 bits per heavy atom. The molecule has 0 saturated carbocycles. The minimum Gasteiger partial charge on any atom is -0.497 e. The van der Waals surface area contributed by atoms with E-state index in [9.17, 15) is 4.79 Å². The average Bonchev–Trinajstić information content (AvgIpc) is 2.74. The van der Waals surface area contributed by atoms with Crippen molar-refractivity contribution in [2.45, 2.75) is 13.5 Å². The van der Waals surface area contributed by atoms with Crippen molar-refractivity contribution in [3.8, 4) is 11.4 Å². The number of benzene rings is 3. The van der Waals surface area contributed by atoms with Crippen LogP contribution in [0.25, 0.3) is 16.6 Å². The van der Waals surface area contributed by atoms with Crippen molar-refractivity contribution in [2.24, 2.45) is 0 Å². The summed E-state index contributed by atoms with van der Waals surface area (Å²) < 4.78 is 7.76. The van der Waals surface area contributed by atoms with Crippen LogP contribution in [0.2, 0.25) is 5.02 Å². The highest BCUT2D eigenvalue weighted by Gasteiger charge is 2.17. The molecule has 0 saturated heterocycles. The van der Waals surface area contributed by atoms with Gasteiger partial charge in [0.1, 0.15) is 5.75 Å². The first-order valence-electron chi connectivity index (χ1n) is 9.32. The molecule has 0 aliphatic carbocycles. The fraction of sp³-hybridized carbons (Fsp3) is 0.130. The van der Waals surface area contributed by atoms with Gasteiger partial charge in [0.2, 0.25) is 5.95 Å². The number of hydrogen-bond donors (Lipinski definition) is 1. The molecule has 4 rings (SSSR count). The lowest BCUT2D eigenvalue weighted by Gasteiger charge is -2.18. The molecule has 0 radical (unpaired) electrons. The van der Waals surface area contributed by atoms with Gasteiger partial charge >= 0.3 is 0 Å². The van der Waals surface area contributed by atoms with Gasteiger partial charge in [0.15, 0.2) is 0 Å². The first kappa shape index (κ1) is 20.7. The van der Waals surface area contributed by atoms with E-state index in [0.29, 0.717) is 34.1 Å². The van der Waals surface area contributed by atoms with Crippen molar-refractivity contribution in [1.29, 1.82) is 0 Å². The number of aryl methyl sites for hydroxylation is 1. The van der Waals surface area contributed by atoms with Crippen LogP contribution in [0.5, 0.6) is 5.75 Å². The van der Waals surface area contributed by atoms with Crippen LogP contribution in [0.1, 0.15) is 11.1 Å². The molecule has 0 aliphatic heterocycles. The van der Waals surface area contributed by atoms with E-state index in [1.54, 1.807) is 17.7 Å². The summed E-state index contributed by atoms with van der Waals surface area (Å²) in [5.74, 6) is 1.24. The summed E-state index contributed by atoms with van der Waals surface area (Å²) in [4.78, 5) is 18.3. The van der Waals surface area contributed by atoms with Crippen LogP contribution in [0.3, 0.4) is 0 Å². The largest absolute Gasteiger partial charge is 0.497 e. The van der Waals surface area contributed by atoms with Crippen LogP contribution in [-0.4, -0.2) is 16.7 Å². The van der Waals surface area contributed by atoms with Gasteiger partial charge in [-0.15, -0.1) is 0 Å². The van der Waals surface area contributed by atoms with E-state index in [4.69, 9.17) is 21.3 Å². The molecule has 0 unspecified atom stereocenters. The summed E-state index contributed by atoms with van der Waals surface area (Å²) in [5.41, 5.74) is 3.04. The quantitative estimate of drug-likeness (QED) is 0.342. The predicted octanol–water partition coefficient (Wildman–Crippen LogP) is 5.57. The maximum atomic E-state index is 13.5. The van der Waals surface area contributed by atoms with E-state index in [-0.39, 0.29) is 5.56 Å². The Morgan fingerprint density at radius 1 is 1.13 bits per heavy atom. The maximum Gasteiger partial charge on any atom is 0.267 e. The molecule has 0 spiro atoms. The van der Waals surface area contributed by atoms with Crippen molar-refractivity contribution < 1.29 is 4.74 Å². The van der Waals surface area contributed by atoms with Gasteiger partial charge in [-0.25, -0.2) is 9.55 Å². The second kappa shape index (κ2) is 8.65. The molecule has 1 N–H and O–H groups in total. The number of aromatic nitrogens is 2. The number of fused-ring (bicyclic) bond motifs is 1. The van der Waals surface area contributed by atoms with E-state index in [2.05, 4.69) is 27.9 Å². The smallest absolute Gasteiger partial charge is 0.267 e. The summed E-state index contributed by atoms with van der Waals surface area (Å²) in [6.07, 6.45) is 0. The van der Waals surface area contributed by atoms with Crippen LogP contribution in [0.4, 0.5) is 5.95 Å². The standard InChI is InChI=1S/C23H19ClIN3O2/c1-14-4-3-5-19(24)21(14)28-22(29)18-12-16(25)8-11-20(18)27-23(28)26-13-15-6-9-17(30-2)10-7-15/h3-12H,13H2,1-2H3,(H,26,27). The van der Waals surface area contributed by atoms with Gasteiger partial charge in [-0.3, -0.25) is 4.79 Å². The van der Waals surface area contributed by atoms with Gasteiger partial charge in [0.25, 0.3) is 5.56 Å². The molecule has 0 fully saturated rings. The van der Waals surface area contributed by atoms with Crippen molar-refractivity contribution in [2.75, 3.05) is 12.4 Å². The summed E-state index contributed by atoms with van der Waals surface area (Å²) in [5, 5.41) is 4.37. The number of hydrogen-bond acceptors (Lipinski definition) is 4. The van der Waals surface area contributed by atoms with Crippen molar-refractivity contribution in [3.63, 3.8) is 0 Å². The Morgan fingerprint density at radius 3 is 2.60 bits per heavy atom. The van der Waals surface area contributed by atoms with E-state index >= 15 is 0 Å². The van der Waals surface area contributed by atoms with Gasteiger partial charge in [0.05, 0.1) is 28.7 Å². The molecule has 3 aromatic carbocycles. The lowest BCUT2D eigenvalue weighted by molar-refractivity contribution is 0.414. The number of nitrogens with one attached hydrogen (secondary N) is 1. The third-order valence-electron chi connectivity index (χ3n) is 4.85. The second-order valence-electron chi connectivity index (χ2n) is 6.84. The first-order valence-corrected chi connectivity index (χ1v) is 10.8. The van der Waals surface area contributed by atoms with Gasteiger partial charge in [-0.05, 0) is 77.0 Å². The normalized spacial score (nSPS) is 10.9. The lowest BCUT2D eigenvalue weighted by Crippen LogP contribution is -2.24. The number of rotatable bonds is 5. The molecule has 0 bridgehead atoms. The van der Waals surface area contributed by atoms with Crippen molar-refractivity contribution >= 4 is 51.0 Å². The Labute approximate surface area is 192 Å². The molecule has 5 nitrogen and oxygen atoms in total. The highest BCUT2D eigenvalue weighted by atomic mass is 127. The number of nitrogens with zero attached hydrogens (tertiary/aromatic N) is 2. The molecule has 1 heterocycles. The minimum atomic E-state index is -0.160. The molecule has 0 amide bonds. The van der Waals surface area contributed by atoms with Gasteiger partial charge in [-0.1, -0.05) is 35.9 Å². The highest BCUT2D eigenvalue weighted by molar-refractivity contribution is 14.1. The van der Waals surface area contributed by atoms with E-state index < -0.39 is 0 Å². The van der Waals surface area contributed by atoms with Crippen LogP contribution in [0, 0.1) is 10.5 Å². The monoisotopic (exact) mass is 531 g/mol. The van der Waals surface area contributed by atoms with Gasteiger partial charge in [-0.2, -0.15) is 0 Å². The Bertz CT molecular complexity index is 1270. The molecular formula is C23H19ClIN3O2. The maximum absolute atomic E-state index is 13.5. The van der Waals surface area contributed by atoms with Crippen LogP contribution in [0.15, 0.2) is 65.5 Å². The third-order valence-corrected chi connectivity index (χ3v) is 5.83. The molecule has 7 heteroatoms. The topological polar surface area (TPSA) is 56.1 Å². The molecule has 0 atom stereocenters. The van der Waals surface area contributed by atoms with Gasteiger partial charge in [0, 0.05) is 10.1 Å². The number of ether oxygens (including phenoxy) is 1. The Kier molecular flexibility index (Phi) is 5.97. The summed E-state index contributed by atoms with van der Waals surface area (Å²) in [6.45, 7) is 2.43. The Hall–Kier alpha value is -2.58. The van der Waals surface area contributed by atoms with Crippen LogP contribution in [-0.2, 0) is 6.54 Å². The number of anilines is 1. The van der Waals surface area contributed by atoms with E-state index in [0.717, 1.165) is 20.4 Å². The van der Waals surface area contributed by atoms with Gasteiger partial charge < -0.3 is 10.1 Å². The number of para-hydroxylation sites is 1. The highest BCUT2D eigenvalue weighted by Crippen LogP contribution is 2.27. The van der Waals surface area contributed by atoms with E-state index in [1.165, 1.54) is 0 Å². The number of halogens is 2. The average molecular weight is 532 g/mol. The van der Waals surface area contributed by atoms with Crippen molar-refractivity contribution in [1.82, 2.24) is 9.55 Å². The summed E-state index contributed by atoms with van der Waals surface area (Å²) >= 11 is 8.71. The van der Waals surface area contributed by atoms with E-state index in [1.807, 2.05) is 61.5 Å². The predicted molar refractivity (Wildman–Crippen MR) is 130 cm³/mol. The molecule has 0 aliphatic rings. The Balaban J connectivity index is 1.86. The summed E-state index contributed by atoms with van der Waals surface area (Å²) in [7, 11) is 1.64. The van der Waals surface area contributed by atoms with Crippen LogP contribution >= 0.6 is 34.2 Å². The summed E-state index contributed by atoms with van der Waals surface area (Å²) in [6, 6.07) is 19.0. The SMILES string of the molecule is COc1ccc(CNc2nc3ccc(I)cc3c(=O)n2-c2c(C)cccc2Cl)cc1. The first-order chi connectivity index (χ1) is 14.5. The zero-order valence-corrected chi connectivity index (χ0v) is 19.4. The third kappa shape index (κ3) is 4.02. The molecule has 30 heavy (non-hydrogen) atoms. The number of methoxy groups -OCH3 is 1. The zero-order chi connectivity index (χ0) is 21.3. The molecule has 4 aromatic rings. The fourth-order valence-electron chi connectivity index (χ4n) is 3.31. The minimum absolute atomic E-state index is 0.160. The fourth-order valence-corrected chi connectivity index (χ4v) is 4.11. The zero-order valence-electron chi connectivity index (χ0n) is 16.4. The second-order valence-corrected chi connectivity index (χ2v) is 8.50. The van der Waals surface area contributed by atoms with Crippen LogP contribution < -0.4 is 15.6 Å².